The number of benzene rings is 1. The molecule has 0 saturated carbocycles. The predicted molar refractivity (Wildman–Crippen MR) is 89.5 cm³/mol. The minimum absolute atomic E-state index is 0.144. The zero-order valence-electron chi connectivity index (χ0n) is 14.2. The Bertz CT molecular complexity index is 797. The van der Waals surface area contributed by atoms with Crippen molar-refractivity contribution in [2.24, 2.45) is 7.05 Å². The van der Waals surface area contributed by atoms with Crippen LogP contribution in [0, 0.1) is 0 Å². The molecule has 1 heterocycles. The molecular weight excluding hydrogens is 326 g/mol. The number of anilines is 1. The Hall–Kier alpha value is -3.16. The summed E-state index contributed by atoms with van der Waals surface area (Å²) in [6, 6.07) is 5.79. The van der Waals surface area contributed by atoms with E-state index in [0.29, 0.717) is 5.69 Å². The third-order valence-corrected chi connectivity index (χ3v) is 3.33. The minimum atomic E-state index is -0.599. The average molecular weight is 345 g/mol. The lowest BCUT2D eigenvalue weighted by Crippen LogP contribution is -2.19. The quantitative estimate of drug-likeness (QED) is 0.804. The van der Waals surface area contributed by atoms with Crippen LogP contribution in [0.2, 0.25) is 0 Å². The van der Waals surface area contributed by atoms with Gasteiger partial charge in [0, 0.05) is 13.2 Å². The molecule has 0 atom stereocenters. The molecule has 0 aliphatic carbocycles. The molecule has 0 aliphatic rings. The van der Waals surface area contributed by atoms with E-state index < -0.39 is 17.8 Å². The van der Waals surface area contributed by atoms with E-state index >= 15 is 0 Å². The lowest BCUT2D eigenvalue weighted by Gasteiger charge is -2.12. The van der Waals surface area contributed by atoms with Crippen molar-refractivity contribution in [1.82, 2.24) is 9.78 Å². The summed E-state index contributed by atoms with van der Waals surface area (Å²) in [5.74, 6) is -1.61. The average Bonchev–Trinajstić information content (AvgIpc) is 3.01. The second-order valence-electron chi connectivity index (χ2n) is 5.00. The molecule has 132 valence electrons. The highest BCUT2D eigenvalue weighted by atomic mass is 16.5. The first kappa shape index (κ1) is 18.2. The maximum Gasteiger partial charge on any atom is 0.340 e. The molecule has 0 unspecified atom stereocenters. The molecule has 0 spiro atoms. The van der Waals surface area contributed by atoms with Crippen molar-refractivity contribution in [3.8, 4) is 0 Å². The van der Waals surface area contributed by atoms with Gasteiger partial charge in [-0.05, 0) is 38.1 Å². The van der Waals surface area contributed by atoms with Crippen molar-refractivity contribution >= 4 is 23.5 Å². The fourth-order valence-corrected chi connectivity index (χ4v) is 2.16. The number of aromatic nitrogens is 2. The maximum absolute atomic E-state index is 12.4. The van der Waals surface area contributed by atoms with Crippen LogP contribution in [0.1, 0.15) is 45.1 Å². The van der Waals surface area contributed by atoms with Gasteiger partial charge in [0.05, 0.1) is 30.0 Å². The molecule has 25 heavy (non-hydrogen) atoms. The highest BCUT2D eigenvalue weighted by molar-refractivity contribution is 6.08. The Labute approximate surface area is 144 Å². The van der Waals surface area contributed by atoms with Crippen LogP contribution in [0.3, 0.4) is 0 Å². The topological polar surface area (TPSA) is 99.5 Å². The fourth-order valence-electron chi connectivity index (χ4n) is 2.16. The second kappa shape index (κ2) is 8.09. The number of amides is 1. The lowest BCUT2D eigenvalue weighted by atomic mass is 10.1. The van der Waals surface area contributed by atoms with Crippen LogP contribution in [-0.4, -0.2) is 40.8 Å². The zero-order valence-corrected chi connectivity index (χ0v) is 14.2. The molecular formula is C17H19N3O5. The first-order chi connectivity index (χ1) is 12.0. The summed E-state index contributed by atoms with van der Waals surface area (Å²) in [5.41, 5.74) is 0.826. The number of nitrogens with one attached hydrogen (secondary N) is 1. The summed E-state index contributed by atoms with van der Waals surface area (Å²) in [5, 5.41) is 6.55. The molecule has 0 bridgehead atoms. The molecule has 2 rings (SSSR count). The van der Waals surface area contributed by atoms with E-state index in [1.54, 1.807) is 20.9 Å². The third kappa shape index (κ3) is 4.23. The van der Waals surface area contributed by atoms with Crippen molar-refractivity contribution in [3.63, 3.8) is 0 Å². The minimum Gasteiger partial charge on any atom is -0.462 e. The van der Waals surface area contributed by atoms with E-state index in [9.17, 15) is 14.4 Å². The van der Waals surface area contributed by atoms with Gasteiger partial charge in [-0.25, -0.2) is 9.59 Å². The number of nitrogens with zero attached hydrogens (tertiary/aromatic N) is 2. The van der Waals surface area contributed by atoms with Gasteiger partial charge >= 0.3 is 11.9 Å². The summed E-state index contributed by atoms with van der Waals surface area (Å²) in [7, 11) is 1.62. The fraction of sp³-hybridized carbons (Fsp3) is 0.294. The molecule has 8 nitrogen and oxygen atoms in total. The largest absolute Gasteiger partial charge is 0.462 e. The Morgan fingerprint density at radius 2 is 1.76 bits per heavy atom. The van der Waals surface area contributed by atoms with Gasteiger partial charge in [-0.1, -0.05) is 0 Å². The predicted octanol–water partition coefficient (Wildman–Crippen LogP) is 2.03. The summed E-state index contributed by atoms with van der Waals surface area (Å²) in [6.07, 6.45) is 1.48. The first-order valence-electron chi connectivity index (χ1n) is 7.75. The number of hydrogen-bond acceptors (Lipinski definition) is 6. The number of carbonyl (C=O) groups is 3. The Balaban J connectivity index is 2.38. The third-order valence-electron chi connectivity index (χ3n) is 3.33. The van der Waals surface area contributed by atoms with Crippen LogP contribution < -0.4 is 5.32 Å². The SMILES string of the molecule is CCOC(=O)c1ccc(C(=O)OCC)c(NC(=O)c2ccnn2C)c1. The standard InChI is InChI=1S/C17H19N3O5/c1-4-24-16(22)11-6-7-12(17(23)25-5-2)13(10-11)19-15(21)14-8-9-18-20(14)3/h6-10H,4-5H2,1-3H3,(H,19,21). The Kier molecular flexibility index (Phi) is 5.89. The van der Waals surface area contributed by atoms with Crippen LogP contribution in [0.4, 0.5) is 5.69 Å². The summed E-state index contributed by atoms with van der Waals surface area (Å²) in [4.78, 5) is 36.4. The monoisotopic (exact) mass is 345 g/mol. The molecule has 1 aromatic heterocycles. The van der Waals surface area contributed by atoms with Crippen LogP contribution in [0.5, 0.6) is 0 Å². The lowest BCUT2D eigenvalue weighted by molar-refractivity contribution is 0.0512. The van der Waals surface area contributed by atoms with Crippen LogP contribution in [0.25, 0.3) is 0 Å². The molecule has 8 heteroatoms. The Morgan fingerprint density at radius 1 is 1.08 bits per heavy atom. The number of rotatable bonds is 6. The summed E-state index contributed by atoms with van der Waals surface area (Å²) < 4.78 is 11.3. The molecule has 1 amide bonds. The maximum atomic E-state index is 12.4. The van der Waals surface area contributed by atoms with Crippen molar-refractivity contribution < 1.29 is 23.9 Å². The van der Waals surface area contributed by atoms with Crippen LogP contribution >= 0.6 is 0 Å². The van der Waals surface area contributed by atoms with Gasteiger partial charge in [0.1, 0.15) is 5.69 Å². The highest BCUT2D eigenvalue weighted by Crippen LogP contribution is 2.21. The van der Waals surface area contributed by atoms with Crippen molar-refractivity contribution in [2.75, 3.05) is 18.5 Å². The summed E-state index contributed by atoms with van der Waals surface area (Å²) >= 11 is 0. The van der Waals surface area contributed by atoms with Crippen LogP contribution in [-0.2, 0) is 16.5 Å². The molecule has 1 N–H and O–H groups in total. The molecule has 0 aliphatic heterocycles. The summed E-state index contributed by atoms with van der Waals surface area (Å²) in [6.45, 7) is 3.78. The van der Waals surface area contributed by atoms with E-state index in [0.717, 1.165) is 0 Å². The molecule has 2 aromatic rings. The Morgan fingerprint density at radius 3 is 2.36 bits per heavy atom. The number of ether oxygens (including phenoxy) is 2. The van der Waals surface area contributed by atoms with E-state index in [1.165, 1.54) is 35.1 Å². The van der Waals surface area contributed by atoms with Gasteiger partial charge in [0.25, 0.3) is 5.91 Å². The van der Waals surface area contributed by atoms with E-state index in [1.807, 2.05) is 0 Å². The number of carbonyl (C=O) groups excluding carboxylic acids is 3. The van der Waals surface area contributed by atoms with Gasteiger partial charge < -0.3 is 14.8 Å². The van der Waals surface area contributed by atoms with Crippen molar-refractivity contribution in [2.45, 2.75) is 13.8 Å². The van der Waals surface area contributed by atoms with Crippen LogP contribution in [0.15, 0.2) is 30.5 Å². The molecule has 1 aromatic carbocycles. The second-order valence-corrected chi connectivity index (χ2v) is 5.00. The van der Waals surface area contributed by atoms with E-state index in [4.69, 9.17) is 9.47 Å². The number of aryl methyl sites for hydroxylation is 1. The van der Waals surface area contributed by atoms with Gasteiger partial charge in [-0.3, -0.25) is 9.48 Å². The first-order valence-corrected chi connectivity index (χ1v) is 7.75. The molecule has 0 radical (unpaired) electrons. The van der Waals surface area contributed by atoms with E-state index in [2.05, 4.69) is 10.4 Å². The van der Waals surface area contributed by atoms with E-state index in [-0.39, 0.29) is 30.0 Å². The van der Waals surface area contributed by atoms with Crippen molar-refractivity contribution in [1.29, 1.82) is 0 Å². The smallest absolute Gasteiger partial charge is 0.340 e. The number of esters is 2. The number of hydrogen-bond donors (Lipinski definition) is 1. The van der Waals surface area contributed by atoms with Gasteiger partial charge in [0.15, 0.2) is 0 Å². The highest BCUT2D eigenvalue weighted by Gasteiger charge is 2.19. The van der Waals surface area contributed by atoms with Gasteiger partial charge in [0.2, 0.25) is 0 Å². The van der Waals surface area contributed by atoms with Gasteiger partial charge in [-0.15, -0.1) is 0 Å². The van der Waals surface area contributed by atoms with Gasteiger partial charge in [-0.2, -0.15) is 5.10 Å². The van der Waals surface area contributed by atoms with Crippen molar-refractivity contribution in [3.05, 3.63) is 47.3 Å². The zero-order chi connectivity index (χ0) is 18.4. The normalized spacial score (nSPS) is 10.2. The molecule has 0 fully saturated rings. The molecule has 0 saturated heterocycles.